The van der Waals surface area contributed by atoms with Gasteiger partial charge in [-0.2, -0.15) is 0 Å². The summed E-state index contributed by atoms with van der Waals surface area (Å²) in [6.07, 6.45) is 0.446. The third-order valence-electron chi connectivity index (χ3n) is 2.86. The Morgan fingerprint density at radius 2 is 2.00 bits per heavy atom. The van der Waals surface area contributed by atoms with Gasteiger partial charge in [-0.15, -0.1) is 0 Å². The summed E-state index contributed by atoms with van der Waals surface area (Å²) >= 11 is 0. The third kappa shape index (κ3) is 3.85. The molecule has 0 aromatic heterocycles. The molecule has 1 amide bonds. The van der Waals surface area contributed by atoms with E-state index < -0.39 is 12.0 Å². The Labute approximate surface area is 101 Å². The lowest BCUT2D eigenvalue weighted by atomic mass is 10.0. The molecule has 1 rings (SSSR count). The van der Waals surface area contributed by atoms with Gasteiger partial charge in [-0.3, -0.25) is 4.79 Å². The summed E-state index contributed by atoms with van der Waals surface area (Å²) in [5.74, 6) is -1.01. The number of hydrogen-bond donors (Lipinski definition) is 3. The zero-order valence-electron chi connectivity index (χ0n) is 10.5. The van der Waals surface area contributed by atoms with E-state index in [-0.39, 0.29) is 11.8 Å². The van der Waals surface area contributed by atoms with Crippen LogP contribution in [0, 0.1) is 5.92 Å². The minimum absolute atomic E-state index is 0.231. The van der Waals surface area contributed by atoms with Crippen LogP contribution in [0.25, 0.3) is 0 Å². The highest BCUT2D eigenvalue weighted by Crippen LogP contribution is 2.10. The predicted molar refractivity (Wildman–Crippen MR) is 64.6 cm³/mol. The summed E-state index contributed by atoms with van der Waals surface area (Å²) < 4.78 is 0. The average molecular weight is 240 g/mol. The zero-order chi connectivity index (χ0) is 13.0. The predicted octanol–water partition coefficient (Wildman–Crippen LogP) is 0.522. The van der Waals surface area contributed by atoms with Gasteiger partial charge in [0.15, 0.2) is 0 Å². The lowest BCUT2D eigenvalue weighted by Crippen LogP contribution is -2.44. The summed E-state index contributed by atoms with van der Waals surface area (Å²) in [6, 6.07) is -0.800. The molecule has 1 fully saturated rings. The first kappa shape index (κ1) is 13.7. The van der Waals surface area contributed by atoms with E-state index in [1.54, 1.807) is 6.92 Å². The molecule has 0 aliphatic carbocycles. The van der Waals surface area contributed by atoms with E-state index in [1.807, 2.05) is 13.8 Å². The van der Waals surface area contributed by atoms with Crippen molar-refractivity contribution < 1.29 is 14.7 Å². The van der Waals surface area contributed by atoms with Gasteiger partial charge in [-0.25, -0.2) is 4.79 Å². The van der Waals surface area contributed by atoms with E-state index in [2.05, 4.69) is 10.6 Å². The van der Waals surface area contributed by atoms with Crippen LogP contribution in [-0.2, 0) is 9.59 Å². The van der Waals surface area contributed by atoms with Gasteiger partial charge in [0, 0.05) is 18.7 Å². The molecule has 1 aliphatic heterocycles. The molecule has 1 atom stereocenters. The number of aliphatic carboxylic acids is 1. The number of amides is 1. The highest BCUT2D eigenvalue weighted by atomic mass is 16.4. The molecule has 1 saturated heterocycles. The van der Waals surface area contributed by atoms with Crippen LogP contribution in [0.2, 0.25) is 0 Å². The molecule has 5 heteroatoms. The van der Waals surface area contributed by atoms with Gasteiger partial charge < -0.3 is 15.7 Å². The van der Waals surface area contributed by atoms with E-state index >= 15 is 0 Å². The summed E-state index contributed by atoms with van der Waals surface area (Å²) in [5, 5.41) is 14.6. The Kier molecular flexibility index (Phi) is 4.69. The highest BCUT2D eigenvalue weighted by molar-refractivity contribution is 5.96. The van der Waals surface area contributed by atoms with Crippen LogP contribution < -0.4 is 10.6 Å². The molecule has 0 unspecified atom stereocenters. The van der Waals surface area contributed by atoms with Gasteiger partial charge in [-0.05, 0) is 24.8 Å². The fourth-order valence-electron chi connectivity index (χ4n) is 1.64. The quantitative estimate of drug-likeness (QED) is 0.612. The summed E-state index contributed by atoms with van der Waals surface area (Å²) in [5.41, 5.74) is 1.69. The molecule has 1 aliphatic rings. The Balaban J connectivity index is 2.60. The standard InChI is InChI=1S/C12H20N2O3/c1-7(2)4-10(12(16)17)14-11(15)8(3)9-5-13-6-9/h7,10,13H,4-6H2,1-3H3,(H,14,15)(H,16,17)/t10-/m1/s1. The average Bonchev–Trinajstić information content (AvgIpc) is 2.12. The number of carboxylic acid groups (broad SMARTS) is 1. The van der Waals surface area contributed by atoms with Crippen molar-refractivity contribution in [1.82, 2.24) is 10.6 Å². The van der Waals surface area contributed by atoms with Crippen molar-refractivity contribution in [1.29, 1.82) is 0 Å². The molecular weight excluding hydrogens is 220 g/mol. The number of carboxylic acids is 1. The molecule has 0 bridgehead atoms. The molecule has 0 spiro atoms. The normalized spacial score (nSPS) is 16.4. The first-order valence-electron chi connectivity index (χ1n) is 5.84. The number of carbonyl (C=O) groups is 2. The van der Waals surface area contributed by atoms with E-state index in [9.17, 15) is 9.59 Å². The maximum atomic E-state index is 11.8. The smallest absolute Gasteiger partial charge is 0.326 e. The SMILES string of the molecule is CC(C(=O)N[C@H](CC(C)C)C(=O)O)=C1CNC1. The van der Waals surface area contributed by atoms with Crippen LogP contribution in [0.1, 0.15) is 27.2 Å². The first-order chi connectivity index (χ1) is 7.91. The Bertz CT molecular complexity index is 342. The van der Waals surface area contributed by atoms with Crippen molar-refractivity contribution in [2.45, 2.75) is 33.2 Å². The van der Waals surface area contributed by atoms with Crippen molar-refractivity contribution in [3.63, 3.8) is 0 Å². The first-order valence-corrected chi connectivity index (χ1v) is 5.84. The fourth-order valence-corrected chi connectivity index (χ4v) is 1.64. The maximum absolute atomic E-state index is 11.8. The van der Waals surface area contributed by atoms with E-state index in [0.717, 1.165) is 18.7 Å². The second kappa shape index (κ2) is 5.82. The Hall–Kier alpha value is -1.36. The largest absolute Gasteiger partial charge is 0.480 e. The molecule has 0 aromatic carbocycles. The highest BCUT2D eigenvalue weighted by Gasteiger charge is 2.23. The minimum atomic E-state index is -0.975. The van der Waals surface area contributed by atoms with Crippen LogP contribution in [0.3, 0.4) is 0 Å². The molecule has 0 saturated carbocycles. The number of rotatable bonds is 5. The lowest BCUT2D eigenvalue weighted by molar-refractivity contribution is -0.141. The third-order valence-corrected chi connectivity index (χ3v) is 2.86. The van der Waals surface area contributed by atoms with Crippen molar-refractivity contribution in [3.05, 3.63) is 11.1 Å². The maximum Gasteiger partial charge on any atom is 0.326 e. The Morgan fingerprint density at radius 1 is 1.41 bits per heavy atom. The van der Waals surface area contributed by atoms with Crippen molar-refractivity contribution in [3.8, 4) is 0 Å². The van der Waals surface area contributed by atoms with Gasteiger partial charge in [0.2, 0.25) is 5.91 Å². The molecule has 17 heavy (non-hydrogen) atoms. The van der Waals surface area contributed by atoms with Crippen molar-refractivity contribution in [2.75, 3.05) is 13.1 Å². The van der Waals surface area contributed by atoms with Crippen LogP contribution in [0.15, 0.2) is 11.1 Å². The van der Waals surface area contributed by atoms with Gasteiger partial charge in [0.1, 0.15) is 6.04 Å². The van der Waals surface area contributed by atoms with Gasteiger partial charge >= 0.3 is 5.97 Å². The molecule has 1 heterocycles. The van der Waals surface area contributed by atoms with Gasteiger partial charge in [0.05, 0.1) is 0 Å². The molecule has 0 radical (unpaired) electrons. The number of nitrogens with one attached hydrogen (secondary N) is 2. The fraction of sp³-hybridized carbons (Fsp3) is 0.667. The second-order valence-corrected chi connectivity index (χ2v) is 4.83. The summed E-state index contributed by atoms with van der Waals surface area (Å²) in [7, 11) is 0. The summed E-state index contributed by atoms with van der Waals surface area (Å²) in [6.45, 7) is 7.05. The van der Waals surface area contributed by atoms with E-state index in [0.29, 0.717) is 12.0 Å². The minimum Gasteiger partial charge on any atom is -0.480 e. The van der Waals surface area contributed by atoms with Crippen molar-refractivity contribution >= 4 is 11.9 Å². The monoisotopic (exact) mass is 240 g/mol. The van der Waals surface area contributed by atoms with Gasteiger partial charge in [-0.1, -0.05) is 13.8 Å². The van der Waals surface area contributed by atoms with E-state index in [4.69, 9.17) is 5.11 Å². The zero-order valence-corrected chi connectivity index (χ0v) is 10.5. The summed E-state index contributed by atoms with van der Waals surface area (Å²) in [4.78, 5) is 22.8. The molecule has 96 valence electrons. The van der Waals surface area contributed by atoms with Crippen LogP contribution in [0.4, 0.5) is 0 Å². The molecule has 0 aromatic rings. The van der Waals surface area contributed by atoms with Gasteiger partial charge in [0.25, 0.3) is 0 Å². The van der Waals surface area contributed by atoms with Crippen LogP contribution >= 0.6 is 0 Å². The van der Waals surface area contributed by atoms with E-state index in [1.165, 1.54) is 0 Å². The van der Waals surface area contributed by atoms with Crippen LogP contribution in [-0.4, -0.2) is 36.1 Å². The second-order valence-electron chi connectivity index (χ2n) is 4.83. The number of carbonyl (C=O) groups excluding carboxylic acids is 1. The molecular formula is C12H20N2O3. The Morgan fingerprint density at radius 3 is 2.35 bits per heavy atom. The molecule has 5 nitrogen and oxygen atoms in total. The topological polar surface area (TPSA) is 78.4 Å². The number of hydrogen-bond acceptors (Lipinski definition) is 3. The molecule has 3 N–H and O–H groups in total. The van der Waals surface area contributed by atoms with Crippen LogP contribution in [0.5, 0.6) is 0 Å². The van der Waals surface area contributed by atoms with Crippen molar-refractivity contribution in [2.24, 2.45) is 5.92 Å². The lowest BCUT2D eigenvalue weighted by Gasteiger charge is -2.23.